The van der Waals surface area contributed by atoms with Crippen LogP contribution >= 0.6 is 0 Å². The van der Waals surface area contributed by atoms with Gasteiger partial charge in [-0.1, -0.05) is 18.2 Å². The monoisotopic (exact) mass is 392 g/mol. The highest BCUT2D eigenvalue weighted by Gasteiger charge is 2.20. The molecule has 1 atom stereocenters. The molecule has 148 valence electrons. The van der Waals surface area contributed by atoms with Crippen LogP contribution in [0.3, 0.4) is 0 Å². The number of esters is 1. The van der Waals surface area contributed by atoms with Crippen LogP contribution in [0.4, 0.5) is 0 Å². The van der Waals surface area contributed by atoms with Crippen LogP contribution in [0.5, 0.6) is 0 Å². The molecule has 0 radical (unpaired) electrons. The van der Waals surface area contributed by atoms with Crippen molar-refractivity contribution in [2.45, 2.75) is 26.9 Å². The van der Waals surface area contributed by atoms with E-state index in [-0.39, 0.29) is 5.56 Å². The third kappa shape index (κ3) is 4.73. The Balaban J connectivity index is 1.61. The first kappa shape index (κ1) is 19.9. The maximum absolute atomic E-state index is 12.4. The topological polar surface area (TPSA) is 110 Å². The molecule has 0 aliphatic carbocycles. The minimum absolute atomic E-state index is 0.253. The van der Waals surface area contributed by atoms with Gasteiger partial charge < -0.3 is 4.74 Å². The lowest BCUT2D eigenvalue weighted by Crippen LogP contribution is -2.46. The van der Waals surface area contributed by atoms with Crippen molar-refractivity contribution in [1.29, 1.82) is 0 Å². The van der Waals surface area contributed by atoms with Crippen molar-refractivity contribution in [3.05, 3.63) is 71.0 Å². The summed E-state index contributed by atoms with van der Waals surface area (Å²) in [6, 6.07) is 13.2. The molecule has 0 saturated heterocycles. The van der Waals surface area contributed by atoms with Crippen LogP contribution < -0.4 is 10.9 Å². The number of fused-ring (bicyclic) bond motifs is 1. The number of benzene rings is 2. The van der Waals surface area contributed by atoms with Crippen LogP contribution in [0.2, 0.25) is 0 Å². The Hall–Kier alpha value is -3.81. The van der Waals surface area contributed by atoms with Crippen LogP contribution in [0.15, 0.2) is 48.5 Å². The van der Waals surface area contributed by atoms with Crippen LogP contribution in [0.25, 0.3) is 11.0 Å². The highest BCUT2D eigenvalue weighted by Crippen LogP contribution is 2.15. The maximum Gasteiger partial charge on any atom is 0.338 e. The quantitative estimate of drug-likeness (QED) is 0.521. The summed E-state index contributed by atoms with van der Waals surface area (Å²) in [5.74, 6) is -1.81. The first-order valence-corrected chi connectivity index (χ1v) is 8.96. The Morgan fingerprint density at radius 1 is 0.862 bits per heavy atom. The van der Waals surface area contributed by atoms with E-state index in [9.17, 15) is 14.4 Å². The van der Waals surface area contributed by atoms with Gasteiger partial charge in [-0.15, -0.1) is 0 Å². The van der Waals surface area contributed by atoms with E-state index in [0.29, 0.717) is 16.6 Å². The summed E-state index contributed by atoms with van der Waals surface area (Å²) < 4.78 is 5.19. The van der Waals surface area contributed by atoms with Crippen molar-refractivity contribution in [2.75, 3.05) is 0 Å². The number of hydrogen-bond acceptors (Lipinski definition) is 6. The van der Waals surface area contributed by atoms with E-state index in [4.69, 9.17) is 4.74 Å². The van der Waals surface area contributed by atoms with Crippen molar-refractivity contribution < 1.29 is 19.1 Å². The van der Waals surface area contributed by atoms with Crippen molar-refractivity contribution in [3.8, 4) is 0 Å². The molecule has 8 heteroatoms. The highest BCUT2D eigenvalue weighted by atomic mass is 16.5. The minimum Gasteiger partial charge on any atom is -0.449 e. The Labute approximate surface area is 167 Å². The van der Waals surface area contributed by atoms with Crippen molar-refractivity contribution in [3.63, 3.8) is 0 Å². The predicted octanol–water partition coefficient (Wildman–Crippen LogP) is 2.25. The second-order valence-electron chi connectivity index (χ2n) is 6.45. The van der Waals surface area contributed by atoms with E-state index in [1.165, 1.54) is 6.92 Å². The summed E-state index contributed by atoms with van der Waals surface area (Å²) in [5, 5.41) is 0. The Morgan fingerprint density at radius 2 is 1.52 bits per heavy atom. The molecule has 2 amide bonds. The van der Waals surface area contributed by atoms with Crippen molar-refractivity contribution >= 4 is 28.8 Å². The van der Waals surface area contributed by atoms with Gasteiger partial charge in [0.15, 0.2) is 6.10 Å². The zero-order valence-corrected chi connectivity index (χ0v) is 16.2. The average molecular weight is 392 g/mol. The van der Waals surface area contributed by atoms with Gasteiger partial charge in [0.2, 0.25) is 0 Å². The zero-order valence-electron chi connectivity index (χ0n) is 16.2. The molecular formula is C21H20N4O4. The highest BCUT2D eigenvalue weighted by molar-refractivity contribution is 5.97. The SMILES string of the molecule is Cc1nc2ccc(C(=O)O[C@@H](C)C(=O)NNC(=O)c3ccccc3)cc2nc1C. The van der Waals surface area contributed by atoms with Crippen molar-refractivity contribution in [2.24, 2.45) is 0 Å². The normalized spacial score (nSPS) is 11.6. The number of aromatic nitrogens is 2. The van der Waals surface area contributed by atoms with Gasteiger partial charge in [-0.2, -0.15) is 0 Å². The first-order chi connectivity index (χ1) is 13.8. The maximum atomic E-state index is 12.4. The summed E-state index contributed by atoms with van der Waals surface area (Å²) in [6.07, 6.45) is -1.11. The van der Waals surface area contributed by atoms with E-state index in [0.717, 1.165) is 11.4 Å². The third-order valence-corrected chi connectivity index (χ3v) is 4.30. The van der Waals surface area contributed by atoms with Gasteiger partial charge in [-0.05, 0) is 51.1 Å². The molecule has 1 heterocycles. The van der Waals surface area contributed by atoms with Gasteiger partial charge in [-0.3, -0.25) is 20.4 Å². The van der Waals surface area contributed by atoms with Gasteiger partial charge in [0, 0.05) is 5.56 Å². The van der Waals surface area contributed by atoms with E-state index in [1.807, 2.05) is 13.8 Å². The fraction of sp³-hybridized carbons (Fsp3) is 0.190. The van der Waals surface area contributed by atoms with Crippen molar-refractivity contribution in [1.82, 2.24) is 20.8 Å². The van der Waals surface area contributed by atoms with Crippen LogP contribution in [-0.2, 0) is 9.53 Å². The second kappa shape index (κ2) is 8.47. The van der Waals surface area contributed by atoms with Gasteiger partial charge in [0.05, 0.1) is 28.0 Å². The van der Waals surface area contributed by atoms with Gasteiger partial charge >= 0.3 is 5.97 Å². The number of carbonyl (C=O) groups excluding carboxylic acids is 3. The molecule has 3 rings (SSSR count). The van der Waals surface area contributed by atoms with E-state index in [2.05, 4.69) is 20.8 Å². The third-order valence-electron chi connectivity index (χ3n) is 4.30. The first-order valence-electron chi connectivity index (χ1n) is 8.96. The minimum atomic E-state index is -1.11. The van der Waals surface area contributed by atoms with E-state index < -0.39 is 23.9 Å². The molecule has 1 aromatic heterocycles. The lowest BCUT2D eigenvalue weighted by molar-refractivity contribution is -0.129. The summed E-state index contributed by atoms with van der Waals surface area (Å²) in [7, 11) is 0. The number of nitrogens with one attached hydrogen (secondary N) is 2. The molecule has 2 N–H and O–H groups in total. The standard InChI is InChI=1S/C21H20N4O4/c1-12-13(2)23-18-11-16(9-10-17(18)22-12)21(28)29-14(3)19(26)24-25-20(27)15-7-5-4-6-8-15/h4-11,14H,1-3H3,(H,24,26)(H,25,27)/t14-/m0/s1. The molecular weight excluding hydrogens is 372 g/mol. The molecule has 0 bridgehead atoms. The molecule has 0 fully saturated rings. The lowest BCUT2D eigenvalue weighted by Gasteiger charge is -2.14. The average Bonchev–Trinajstić information content (AvgIpc) is 2.72. The summed E-state index contributed by atoms with van der Waals surface area (Å²) in [5.41, 5.74) is 7.98. The number of nitrogens with zero attached hydrogens (tertiary/aromatic N) is 2. The lowest BCUT2D eigenvalue weighted by atomic mass is 10.2. The molecule has 2 aromatic carbocycles. The largest absolute Gasteiger partial charge is 0.449 e. The molecule has 29 heavy (non-hydrogen) atoms. The van der Waals surface area contributed by atoms with Gasteiger partial charge in [-0.25, -0.2) is 14.8 Å². The summed E-state index contributed by atoms with van der Waals surface area (Å²) in [4.78, 5) is 45.3. The second-order valence-corrected chi connectivity index (χ2v) is 6.45. The van der Waals surface area contributed by atoms with E-state index >= 15 is 0 Å². The number of carbonyl (C=O) groups is 3. The molecule has 0 aliphatic rings. The molecule has 0 unspecified atom stereocenters. The number of hydrogen-bond donors (Lipinski definition) is 2. The molecule has 3 aromatic rings. The van der Waals surface area contributed by atoms with Gasteiger partial charge in [0.1, 0.15) is 0 Å². The van der Waals surface area contributed by atoms with E-state index in [1.54, 1.807) is 48.5 Å². The summed E-state index contributed by atoms with van der Waals surface area (Å²) >= 11 is 0. The molecule has 0 aliphatic heterocycles. The zero-order chi connectivity index (χ0) is 21.0. The smallest absolute Gasteiger partial charge is 0.338 e. The molecule has 8 nitrogen and oxygen atoms in total. The van der Waals surface area contributed by atoms with Crippen LogP contribution in [0, 0.1) is 13.8 Å². The van der Waals surface area contributed by atoms with Gasteiger partial charge in [0.25, 0.3) is 11.8 Å². The fourth-order valence-corrected chi connectivity index (χ4v) is 2.52. The number of amides is 2. The molecule has 0 spiro atoms. The number of ether oxygens (including phenoxy) is 1. The molecule has 0 saturated carbocycles. The number of rotatable bonds is 4. The Bertz CT molecular complexity index is 1080. The fourth-order valence-electron chi connectivity index (χ4n) is 2.52. The van der Waals surface area contributed by atoms with Crippen LogP contribution in [-0.4, -0.2) is 33.9 Å². The number of aryl methyl sites for hydroxylation is 2. The predicted molar refractivity (Wildman–Crippen MR) is 106 cm³/mol. The van der Waals surface area contributed by atoms with Crippen LogP contribution in [0.1, 0.15) is 39.0 Å². The summed E-state index contributed by atoms with van der Waals surface area (Å²) in [6.45, 7) is 5.11. The Morgan fingerprint density at radius 3 is 2.21 bits per heavy atom. The number of hydrazine groups is 1. The Kier molecular flexibility index (Phi) is 5.82.